The SMILES string of the molecule is C[C@H](Cn1cc(Cl)cn1)C(=O)N1CCO[C@@H](c2cc3ccccc3cn2)C1. The zero-order chi connectivity index (χ0) is 18.8. The number of pyridine rings is 1. The zero-order valence-corrected chi connectivity index (χ0v) is 15.8. The van der Waals surface area contributed by atoms with Gasteiger partial charge in [-0.25, -0.2) is 0 Å². The maximum absolute atomic E-state index is 12.9. The van der Waals surface area contributed by atoms with Gasteiger partial charge in [0.25, 0.3) is 0 Å². The lowest BCUT2D eigenvalue weighted by Gasteiger charge is -2.34. The van der Waals surface area contributed by atoms with Crippen LogP contribution in [0.25, 0.3) is 10.8 Å². The van der Waals surface area contributed by atoms with Crippen LogP contribution in [0.2, 0.25) is 5.02 Å². The van der Waals surface area contributed by atoms with Crippen LogP contribution in [-0.4, -0.2) is 45.3 Å². The molecule has 1 fully saturated rings. The second-order valence-electron chi connectivity index (χ2n) is 6.88. The maximum Gasteiger partial charge on any atom is 0.227 e. The Morgan fingerprint density at radius 1 is 1.33 bits per heavy atom. The number of halogens is 1. The van der Waals surface area contributed by atoms with E-state index in [-0.39, 0.29) is 17.9 Å². The number of carbonyl (C=O) groups is 1. The molecular weight excluding hydrogens is 364 g/mol. The Hall–Kier alpha value is -2.44. The van der Waals surface area contributed by atoms with Crippen molar-refractivity contribution in [2.45, 2.75) is 19.6 Å². The molecule has 0 N–H and O–H groups in total. The lowest BCUT2D eigenvalue weighted by molar-refractivity contribution is -0.143. The van der Waals surface area contributed by atoms with Crippen molar-refractivity contribution in [1.29, 1.82) is 0 Å². The molecule has 0 aliphatic carbocycles. The number of benzene rings is 1. The summed E-state index contributed by atoms with van der Waals surface area (Å²) in [5.74, 6) is -0.0972. The van der Waals surface area contributed by atoms with Gasteiger partial charge in [0, 0.05) is 24.3 Å². The predicted octanol–water partition coefficient (Wildman–Crippen LogP) is 3.32. The number of nitrogens with zero attached hydrogens (tertiary/aromatic N) is 4. The van der Waals surface area contributed by atoms with Crippen LogP contribution >= 0.6 is 11.6 Å². The van der Waals surface area contributed by atoms with Crippen LogP contribution in [0.1, 0.15) is 18.7 Å². The van der Waals surface area contributed by atoms with Crippen LogP contribution in [-0.2, 0) is 16.1 Å². The van der Waals surface area contributed by atoms with E-state index in [1.807, 2.05) is 42.3 Å². The monoisotopic (exact) mass is 384 g/mol. The minimum absolute atomic E-state index is 0.0933. The highest BCUT2D eigenvalue weighted by Crippen LogP contribution is 2.25. The Labute approximate surface area is 162 Å². The number of fused-ring (bicyclic) bond motifs is 1. The highest BCUT2D eigenvalue weighted by molar-refractivity contribution is 6.30. The number of hydrogen-bond acceptors (Lipinski definition) is 4. The van der Waals surface area contributed by atoms with Crippen LogP contribution in [0.3, 0.4) is 0 Å². The van der Waals surface area contributed by atoms with E-state index in [1.54, 1.807) is 17.1 Å². The summed E-state index contributed by atoms with van der Waals surface area (Å²) in [5, 5.41) is 6.94. The number of carbonyl (C=O) groups excluding carboxylic acids is 1. The Bertz CT molecular complexity index is 958. The molecule has 6 nitrogen and oxygen atoms in total. The molecule has 1 amide bonds. The summed E-state index contributed by atoms with van der Waals surface area (Å²) in [6, 6.07) is 10.1. The summed E-state index contributed by atoms with van der Waals surface area (Å²) in [4.78, 5) is 19.3. The molecule has 0 saturated carbocycles. The molecule has 1 aliphatic heterocycles. The molecule has 7 heteroatoms. The summed E-state index contributed by atoms with van der Waals surface area (Å²) >= 11 is 5.90. The smallest absolute Gasteiger partial charge is 0.227 e. The molecule has 0 spiro atoms. The summed E-state index contributed by atoms with van der Waals surface area (Å²) in [6.07, 6.45) is 4.96. The van der Waals surface area contributed by atoms with Gasteiger partial charge in [0.15, 0.2) is 0 Å². The molecule has 27 heavy (non-hydrogen) atoms. The summed E-state index contributed by atoms with van der Waals surface area (Å²) in [6.45, 7) is 4.02. The van der Waals surface area contributed by atoms with Crippen molar-refractivity contribution in [2.75, 3.05) is 19.7 Å². The van der Waals surface area contributed by atoms with Gasteiger partial charge in [0.1, 0.15) is 6.10 Å². The van der Waals surface area contributed by atoms with Gasteiger partial charge < -0.3 is 9.64 Å². The van der Waals surface area contributed by atoms with Crippen LogP contribution in [0.5, 0.6) is 0 Å². The van der Waals surface area contributed by atoms with Crippen LogP contribution in [0.15, 0.2) is 48.9 Å². The van der Waals surface area contributed by atoms with Gasteiger partial charge in [-0.05, 0) is 11.5 Å². The normalized spacial score (nSPS) is 18.6. The fraction of sp³-hybridized carbons (Fsp3) is 0.350. The summed E-state index contributed by atoms with van der Waals surface area (Å²) < 4.78 is 7.61. The number of ether oxygens (including phenoxy) is 1. The molecular formula is C20H21ClN4O2. The maximum atomic E-state index is 12.9. The topological polar surface area (TPSA) is 60.2 Å². The minimum atomic E-state index is -0.210. The first-order valence-corrected chi connectivity index (χ1v) is 9.41. The fourth-order valence-electron chi connectivity index (χ4n) is 3.41. The van der Waals surface area contributed by atoms with E-state index < -0.39 is 0 Å². The molecule has 2 aromatic heterocycles. The predicted molar refractivity (Wildman–Crippen MR) is 103 cm³/mol. The van der Waals surface area contributed by atoms with Crippen molar-refractivity contribution in [3.63, 3.8) is 0 Å². The lowest BCUT2D eigenvalue weighted by Crippen LogP contribution is -2.45. The van der Waals surface area contributed by atoms with Crippen molar-refractivity contribution in [2.24, 2.45) is 5.92 Å². The molecule has 0 radical (unpaired) electrons. The van der Waals surface area contributed by atoms with Crippen molar-refractivity contribution in [1.82, 2.24) is 19.7 Å². The molecule has 1 aromatic carbocycles. The van der Waals surface area contributed by atoms with E-state index in [0.29, 0.717) is 31.3 Å². The van der Waals surface area contributed by atoms with Crippen molar-refractivity contribution < 1.29 is 9.53 Å². The van der Waals surface area contributed by atoms with Gasteiger partial charge >= 0.3 is 0 Å². The third-order valence-corrected chi connectivity index (χ3v) is 5.04. The zero-order valence-electron chi connectivity index (χ0n) is 15.1. The average molecular weight is 385 g/mol. The van der Waals surface area contributed by atoms with E-state index in [0.717, 1.165) is 16.5 Å². The van der Waals surface area contributed by atoms with E-state index in [4.69, 9.17) is 16.3 Å². The van der Waals surface area contributed by atoms with Gasteiger partial charge in [-0.3, -0.25) is 14.5 Å². The Kier molecular flexibility index (Phi) is 5.09. The molecule has 1 aliphatic rings. The molecule has 0 bridgehead atoms. The van der Waals surface area contributed by atoms with Gasteiger partial charge in [-0.15, -0.1) is 0 Å². The molecule has 4 rings (SSSR count). The largest absolute Gasteiger partial charge is 0.368 e. The fourth-order valence-corrected chi connectivity index (χ4v) is 3.57. The van der Waals surface area contributed by atoms with Crippen LogP contribution in [0, 0.1) is 5.92 Å². The first kappa shape index (κ1) is 17.9. The van der Waals surface area contributed by atoms with Crippen molar-refractivity contribution in [3.8, 4) is 0 Å². The molecule has 2 atom stereocenters. The number of morpholine rings is 1. The Morgan fingerprint density at radius 2 is 2.15 bits per heavy atom. The average Bonchev–Trinajstić information content (AvgIpc) is 3.11. The molecule has 1 saturated heterocycles. The van der Waals surface area contributed by atoms with E-state index in [9.17, 15) is 4.79 Å². The standard InChI is InChI=1S/C20H21ClN4O2/c1-14(11-25-12-17(21)10-23-25)20(26)24-6-7-27-19(13-24)18-8-15-4-2-3-5-16(15)9-22-18/h2-5,8-10,12,14,19H,6-7,11,13H2,1H3/t14-,19-/m1/s1. The molecule has 0 unspecified atom stereocenters. The number of hydrogen-bond donors (Lipinski definition) is 0. The summed E-state index contributed by atoms with van der Waals surface area (Å²) in [5.41, 5.74) is 0.859. The highest BCUT2D eigenvalue weighted by atomic mass is 35.5. The quantitative estimate of drug-likeness (QED) is 0.692. The van der Waals surface area contributed by atoms with Gasteiger partial charge in [-0.1, -0.05) is 42.8 Å². The lowest BCUT2D eigenvalue weighted by atomic mass is 10.1. The highest BCUT2D eigenvalue weighted by Gasteiger charge is 2.29. The first-order chi connectivity index (χ1) is 13.1. The van der Waals surface area contributed by atoms with Crippen LogP contribution in [0.4, 0.5) is 0 Å². The number of rotatable bonds is 4. The summed E-state index contributed by atoms with van der Waals surface area (Å²) in [7, 11) is 0. The minimum Gasteiger partial charge on any atom is -0.368 e. The van der Waals surface area contributed by atoms with E-state index in [1.165, 1.54) is 0 Å². The third-order valence-electron chi connectivity index (χ3n) is 4.84. The van der Waals surface area contributed by atoms with Gasteiger partial charge in [0.2, 0.25) is 5.91 Å². The Balaban J connectivity index is 1.45. The molecule has 3 aromatic rings. The molecule has 140 valence electrons. The second-order valence-corrected chi connectivity index (χ2v) is 7.32. The number of aromatic nitrogens is 3. The third kappa shape index (κ3) is 3.96. The number of amides is 1. The van der Waals surface area contributed by atoms with Crippen molar-refractivity contribution in [3.05, 3.63) is 59.6 Å². The van der Waals surface area contributed by atoms with Gasteiger partial charge in [-0.2, -0.15) is 5.10 Å². The van der Waals surface area contributed by atoms with Gasteiger partial charge in [0.05, 0.1) is 42.5 Å². The molecule has 3 heterocycles. The Morgan fingerprint density at radius 3 is 2.93 bits per heavy atom. The van der Waals surface area contributed by atoms with Crippen molar-refractivity contribution >= 4 is 28.3 Å². The van der Waals surface area contributed by atoms with Crippen LogP contribution < -0.4 is 0 Å². The second kappa shape index (κ2) is 7.66. The first-order valence-electron chi connectivity index (χ1n) is 9.03. The van der Waals surface area contributed by atoms with E-state index in [2.05, 4.69) is 16.1 Å². The van der Waals surface area contributed by atoms with E-state index >= 15 is 0 Å².